The number of nitrogens with one attached hydrogen (secondary N) is 1. The largest absolute Gasteiger partial charge is 0.383 e. The fourth-order valence-corrected chi connectivity index (χ4v) is 2.16. The van der Waals surface area contributed by atoms with Crippen molar-refractivity contribution in [3.05, 3.63) is 20.8 Å². The summed E-state index contributed by atoms with van der Waals surface area (Å²) < 4.78 is 2.58. The molecule has 0 aromatic carbocycles. The van der Waals surface area contributed by atoms with Crippen molar-refractivity contribution in [3.63, 3.8) is 0 Å². The van der Waals surface area contributed by atoms with Crippen LogP contribution in [0.1, 0.15) is 40.5 Å². The molecule has 6 heteroatoms. The first kappa shape index (κ1) is 16.3. The van der Waals surface area contributed by atoms with Crippen molar-refractivity contribution >= 4 is 11.5 Å². The van der Waals surface area contributed by atoms with Gasteiger partial charge in [-0.15, -0.1) is 0 Å². The van der Waals surface area contributed by atoms with E-state index in [1.165, 1.54) is 11.6 Å². The van der Waals surface area contributed by atoms with Gasteiger partial charge in [-0.05, 0) is 18.8 Å². The van der Waals surface area contributed by atoms with Crippen LogP contribution in [-0.2, 0) is 13.6 Å². The molecule has 0 unspecified atom stereocenters. The van der Waals surface area contributed by atoms with Crippen molar-refractivity contribution in [1.29, 1.82) is 0 Å². The Kier molecular flexibility index (Phi) is 5.42. The Bertz CT molecular complexity index is 568. The standard InChI is InChI=1S/C14H26N4O2/c1-6-10(7-2)16-11-12(15)18(8-9(3)4)14(20)17(5)13(11)19/h9-10,16H,6-8,15H2,1-5H3. The number of nitrogens with two attached hydrogens (primary N) is 1. The Balaban J connectivity index is 3.41. The highest BCUT2D eigenvalue weighted by Crippen LogP contribution is 2.15. The normalized spacial score (nSPS) is 11.3. The molecule has 0 radical (unpaired) electrons. The molecule has 0 spiro atoms. The molecule has 1 aromatic heterocycles. The first-order valence-electron chi connectivity index (χ1n) is 7.19. The maximum atomic E-state index is 12.2. The monoisotopic (exact) mass is 282 g/mol. The lowest BCUT2D eigenvalue weighted by molar-refractivity contribution is 0.493. The summed E-state index contributed by atoms with van der Waals surface area (Å²) in [5.74, 6) is 0.507. The molecule has 0 fully saturated rings. The van der Waals surface area contributed by atoms with Gasteiger partial charge in [-0.2, -0.15) is 0 Å². The first-order valence-corrected chi connectivity index (χ1v) is 7.19. The quantitative estimate of drug-likeness (QED) is 0.826. The molecule has 0 atom stereocenters. The van der Waals surface area contributed by atoms with Crippen LogP contribution >= 0.6 is 0 Å². The minimum Gasteiger partial charge on any atom is -0.383 e. The minimum absolute atomic E-state index is 0.176. The van der Waals surface area contributed by atoms with Gasteiger partial charge in [-0.1, -0.05) is 27.7 Å². The summed E-state index contributed by atoms with van der Waals surface area (Å²) >= 11 is 0. The van der Waals surface area contributed by atoms with Crippen LogP contribution in [0.4, 0.5) is 11.5 Å². The Hall–Kier alpha value is -1.72. The van der Waals surface area contributed by atoms with E-state index in [-0.39, 0.29) is 29.0 Å². The van der Waals surface area contributed by atoms with Crippen LogP contribution in [0.3, 0.4) is 0 Å². The summed E-state index contributed by atoms with van der Waals surface area (Å²) in [6.07, 6.45) is 1.78. The maximum Gasteiger partial charge on any atom is 0.332 e. The Morgan fingerprint density at radius 1 is 1.20 bits per heavy atom. The molecule has 6 nitrogen and oxygen atoms in total. The van der Waals surface area contributed by atoms with Crippen molar-refractivity contribution in [1.82, 2.24) is 9.13 Å². The molecule has 0 aliphatic carbocycles. The minimum atomic E-state index is -0.365. The Morgan fingerprint density at radius 3 is 2.20 bits per heavy atom. The molecule has 0 aliphatic rings. The van der Waals surface area contributed by atoms with Crippen molar-refractivity contribution in [2.45, 2.75) is 53.1 Å². The van der Waals surface area contributed by atoms with Crippen molar-refractivity contribution in [2.75, 3.05) is 11.1 Å². The van der Waals surface area contributed by atoms with Gasteiger partial charge in [0.05, 0.1) is 0 Å². The van der Waals surface area contributed by atoms with E-state index < -0.39 is 0 Å². The number of anilines is 2. The van der Waals surface area contributed by atoms with Gasteiger partial charge in [-0.25, -0.2) is 4.79 Å². The van der Waals surface area contributed by atoms with E-state index in [1.54, 1.807) is 0 Å². The zero-order chi connectivity index (χ0) is 15.4. The average molecular weight is 282 g/mol. The molecule has 20 heavy (non-hydrogen) atoms. The molecule has 3 N–H and O–H groups in total. The molecular formula is C14H26N4O2. The van der Waals surface area contributed by atoms with Crippen molar-refractivity contribution in [3.8, 4) is 0 Å². The summed E-state index contributed by atoms with van der Waals surface area (Å²) in [6.45, 7) is 8.60. The summed E-state index contributed by atoms with van der Waals surface area (Å²) in [4.78, 5) is 24.4. The predicted octanol–water partition coefficient (Wildman–Crippen LogP) is 1.39. The van der Waals surface area contributed by atoms with Crippen molar-refractivity contribution in [2.24, 2.45) is 13.0 Å². The van der Waals surface area contributed by atoms with E-state index in [4.69, 9.17) is 5.73 Å². The molecule has 0 bridgehead atoms. The number of nitrogen functional groups attached to an aromatic ring is 1. The second kappa shape index (κ2) is 6.63. The van der Waals surface area contributed by atoms with Crippen LogP contribution in [-0.4, -0.2) is 15.2 Å². The van der Waals surface area contributed by atoms with Gasteiger partial charge in [-0.3, -0.25) is 13.9 Å². The first-order chi connectivity index (χ1) is 9.33. The van der Waals surface area contributed by atoms with Gasteiger partial charge in [0.15, 0.2) is 0 Å². The lowest BCUT2D eigenvalue weighted by atomic mass is 10.1. The van der Waals surface area contributed by atoms with Crippen LogP contribution < -0.4 is 22.3 Å². The van der Waals surface area contributed by atoms with Crippen LogP contribution in [0.2, 0.25) is 0 Å². The van der Waals surface area contributed by atoms with E-state index in [2.05, 4.69) is 5.32 Å². The molecule has 0 saturated heterocycles. The number of rotatable bonds is 6. The molecule has 0 saturated carbocycles. The lowest BCUT2D eigenvalue weighted by Crippen LogP contribution is -2.42. The summed E-state index contributed by atoms with van der Waals surface area (Å²) in [5.41, 5.74) is 5.66. The van der Waals surface area contributed by atoms with Gasteiger partial charge < -0.3 is 11.1 Å². The molecule has 1 heterocycles. The third-order valence-corrected chi connectivity index (χ3v) is 3.47. The number of hydrogen-bond donors (Lipinski definition) is 2. The summed E-state index contributed by atoms with van der Waals surface area (Å²) in [6, 6.07) is 0.176. The molecule has 0 amide bonds. The lowest BCUT2D eigenvalue weighted by Gasteiger charge is -2.21. The molecule has 114 valence electrons. The zero-order valence-electron chi connectivity index (χ0n) is 13.1. The third kappa shape index (κ3) is 3.23. The van der Waals surface area contributed by atoms with E-state index in [0.29, 0.717) is 12.2 Å². The van der Waals surface area contributed by atoms with Crippen LogP contribution in [0.5, 0.6) is 0 Å². The van der Waals surface area contributed by atoms with E-state index in [1.807, 2.05) is 27.7 Å². The summed E-state index contributed by atoms with van der Waals surface area (Å²) in [7, 11) is 1.49. The topological polar surface area (TPSA) is 82.0 Å². The maximum absolute atomic E-state index is 12.2. The van der Waals surface area contributed by atoms with E-state index in [9.17, 15) is 9.59 Å². The summed E-state index contributed by atoms with van der Waals surface area (Å²) in [5, 5.41) is 3.18. The molecular weight excluding hydrogens is 256 g/mol. The number of aromatic nitrogens is 2. The molecule has 1 rings (SSSR count). The number of nitrogens with zero attached hydrogens (tertiary/aromatic N) is 2. The van der Waals surface area contributed by atoms with Gasteiger partial charge in [0.25, 0.3) is 5.56 Å². The predicted molar refractivity (Wildman–Crippen MR) is 83.2 cm³/mol. The van der Waals surface area contributed by atoms with Crippen molar-refractivity contribution < 1.29 is 0 Å². The zero-order valence-corrected chi connectivity index (χ0v) is 13.1. The van der Waals surface area contributed by atoms with Crippen LogP contribution in [0.25, 0.3) is 0 Å². The van der Waals surface area contributed by atoms with Gasteiger partial charge in [0.1, 0.15) is 11.5 Å². The van der Waals surface area contributed by atoms with E-state index in [0.717, 1.165) is 17.4 Å². The van der Waals surface area contributed by atoms with Gasteiger partial charge in [0, 0.05) is 19.6 Å². The van der Waals surface area contributed by atoms with E-state index >= 15 is 0 Å². The third-order valence-electron chi connectivity index (χ3n) is 3.47. The van der Waals surface area contributed by atoms with Gasteiger partial charge in [0.2, 0.25) is 0 Å². The van der Waals surface area contributed by atoms with Crippen LogP contribution in [0, 0.1) is 5.92 Å². The highest BCUT2D eigenvalue weighted by Gasteiger charge is 2.17. The Morgan fingerprint density at radius 2 is 1.75 bits per heavy atom. The van der Waals surface area contributed by atoms with Gasteiger partial charge >= 0.3 is 5.69 Å². The fourth-order valence-electron chi connectivity index (χ4n) is 2.16. The smallest absolute Gasteiger partial charge is 0.332 e. The van der Waals surface area contributed by atoms with Crippen LogP contribution in [0.15, 0.2) is 9.59 Å². The molecule has 1 aromatic rings. The highest BCUT2D eigenvalue weighted by molar-refractivity contribution is 5.61. The SMILES string of the molecule is CCC(CC)Nc1c(N)n(CC(C)C)c(=O)n(C)c1=O. The Labute approximate surface area is 119 Å². The number of hydrogen-bond acceptors (Lipinski definition) is 4. The molecule has 0 aliphatic heterocycles. The average Bonchev–Trinajstić information content (AvgIpc) is 2.41. The second-order valence-electron chi connectivity index (χ2n) is 5.57. The second-order valence-corrected chi connectivity index (χ2v) is 5.57. The highest BCUT2D eigenvalue weighted by atomic mass is 16.2. The fraction of sp³-hybridized carbons (Fsp3) is 0.714.